The van der Waals surface area contributed by atoms with Gasteiger partial charge in [0.15, 0.2) is 0 Å². The maximum absolute atomic E-state index is 12.5. The number of nitrogens with two attached hydrogens (primary N) is 1. The number of likely N-dealkylation sites (tertiary alicyclic amines) is 1. The van der Waals surface area contributed by atoms with E-state index in [1.54, 1.807) is 12.1 Å². The van der Waals surface area contributed by atoms with Crippen LogP contribution in [0.3, 0.4) is 0 Å². The Hall–Kier alpha value is -1.55. The van der Waals surface area contributed by atoms with Gasteiger partial charge < -0.3 is 15.5 Å². The number of anilines is 1. The lowest BCUT2D eigenvalue weighted by atomic mass is 10.0. The van der Waals surface area contributed by atoms with Crippen LogP contribution in [0.25, 0.3) is 0 Å². The number of rotatable bonds is 3. The first-order valence-corrected chi connectivity index (χ1v) is 7.36. The summed E-state index contributed by atoms with van der Waals surface area (Å²) in [5.41, 5.74) is 7.07. The molecule has 0 saturated carbocycles. The molecule has 0 aliphatic carbocycles. The number of hydrogen-bond donors (Lipinski definition) is 1. The number of carbonyl (C=O) groups excluding carboxylic acids is 1. The quantitative estimate of drug-likeness (QED) is 0.861. The SMILES string of the molecule is CC(C)N1CCC(N(C)C(=O)c2ccccc2N)CC1. The molecule has 1 aliphatic rings. The minimum absolute atomic E-state index is 0.0334. The van der Waals surface area contributed by atoms with Crippen molar-refractivity contribution in [3.8, 4) is 0 Å². The zero-order valence-electron chi connectivity index (χ0n) is 12.7. The molecule has 2 rings (SSSR count). The van der Waals surface area contributed by atoms with Gasteiger partial charge in [-0.1, -0.05) is 12.1 Å². The summed E-state index contributed by atoms with van der Waals surface area (Å²) in [6, 6.07) is 8.20. The number of benzene rings is 1. The van der Waals surface area contributed by atoms with Gasteiger partial charge in [-0.3, -0.25) is 4.79 Å². The smallest absolute Gasteiger partial charge is 0.255 e. The third kappa shape index (κ3) is 3.12. The number of nitrogens with zero attached hydrogens (tertiary/aromatic N) is 2. The lowest BCUT2D eigenvalue weighted by Crippen LogP contribution is -2.47. The van der Waals surface area contributed by atoms with Crippen molar-refractivity contribution in [2.24, 2.45) is 0 Å². The third-order valence-electron chi connectivity index (χ3n) is 4.29. The zero-order valence-corrected chi connectivity index (χ0v) is 12.7. The van der Waals surface area contributed by atoms with E-state index in [1.807, 2.05) is 24.1 Å². The van der Waals surface area contributed by atoms with Crippen LogP contribution in [0.2, 0.25) is 0 Å². The van der Waals surface area contributed by atoms with Crippen molar-refractivity contribution >= 4 is 11.6 Å². The number of nitrogen functional groups attached to an aromatic ring is 1. The molecular weight excluding hydrogens is 250 g/mol. The average molecular weight is 275 g/mol. The molecule has 1 saturated heterocycles. The first-order chi connectivity index (χ1) is 9.50. The Balaban J connectivity index is 2.00. The van der Waals surface area contributed by atoms with E-state index in [2.05, 4.69) is 18.7 Å². The monoisotopic (exact) mass is 275 g/mol. The molecule has 0 radical (unpaired) electrons. The fraction of sp³-hybridized carbons (Fsp3) is 0.562. The molecule has 1 heterocycles. The summed E-state index contributed by atoms with van der Waals surface area (Å²) in [6.45, 7) is 6.56. The summed E-state index contributed by atoms with van der Waals surface area (Å²) in [7, 11) is 1.89. The highest BCUT2D eigenvalue weighted by molar-refractivity contribution is 5.99. The summed E-state index contributed by atoms with van der Waals surface area (Å²) in [4.78, 5) is 16.8. The van der Waals surface area contributed by atoms with Crippen LogP contribution >= 0.6 is 0 Å². The van der Waals surface area contributed by atoms with E-state index in [0.29, 0.717) is 23.3 Å². The van der Waals surface area contributed by atoms with Gasteiger partial charge in [0, 0.05) is 37.9 Å². The third-order valence-corrected chi connectivity index (χ3v) is 4.29. The molecule has 2 N–H and O–H groups in total. The molecule has 1 aromatic rings. The molecular formula is C16H25N3O. The Labute approximate surface area is 121 Å². The zero-order chi connectivity index (χ0) is 14.7. The molecule has 0 unspecified atom stereocenters. The van der Waals surface area contributed by atoms with Crippen LogP contribution < -0.4 is 5.73 Å². The largest absolute Gasteiger partial charge is 0.398 e. The molecule has 1 aromatic carbocycles. The van der Waals surface area contributed by atoms with Crippen molar-refractivity contribution in [3.63, 3.8) is 0 Å². The summed E-state index contributed by atoms with van der Waals surface area (Å²) in [5.74, 6) is 0.0334. The number of amides is 1. The molecule has 4 nitrogen and oxygen atoms in total. The Kier molecular flexibility index (Phi) is 4.65. The molecule has 110 valence electrons. The number of piperidine rings is 1. The molecule has 4 heteroatoms. The Morgan fingerprint density at radius 2 is 1.90 bits per heavy atom. The second-order valence-corrected chi connectivity index (χ2v) is 5.86. The minimum atomic E-state index is 0.0334. The second-order valence-electron chi connectivity index (χ2n) is 5.86. The maximum Gasteiger partial charge on any atom is 0.255 e. The highest BCUT2D eigenvalue weighted by Gasteiger charge is 2.27. The van der Waals surface area contributed by atoms with E-state index in [4.69, 9.17) is 5.73 Å². The fourth-order valence-electron chi connectivity index (χ4n) is 2.84. The van der Waals surface area contributed by atoms with Gasteiger partial charge >= 0.3 is 0 Å². The number of para-hydroxylation sites is 1. The molecule has 0 spiro atoms. The van der Waals surface area contributed by atoms with E-state index in [9.17, 15) is 4.79 Å². The van der Waals surface area contributed by atoms with Crippen molar-refractivity contribution in [1.82, 2.24) is 9.80 Å². The van der Waals surface area contributed by atoms with Crippen LogP contribution in [0.4, 0.5) is 5.69 Å². The topological polar surface area (TPSA) is 49.6 Å². The Morgan fingerprint density at radius 3 is 2.45 bits per heavy atom. The van der Waals surface area contributed by atoms with Gasteiger partial charge in [-0.25, -0.2) is 0 Å². The lowest BCUT2D eigenvalue weighted by molar-refractivity contribution is 0.0616. The van der Waals surface area contributed by atoms with E-state index < -0.39 is 0 Å². The van der Waals surface area contributed by atoms with Gasteiger partial charge in [-0.05, 0) is 38.8 Å². The van der Waals surface area contributed by atoms with Gasteiger partial charge in [-0.2, -0.15) is 0 Å². The van der Waals surface area contributed by atoms with Crippen molar-refractivity contribution in [2.75, 3.05) is 25.9 Å². The summed E-state index contributed by atoms with van der Waals surface area (Å²) < 4.78 is 0. The minimum Gasteiger partial charge on any atom is -0.398 e. The van der Waals surface area contributed by atoms with Crippen molar-refractivity contribution in [1.29, 1.82) is 0 Å². The van der Waals surface area contributed by atoms with Gasteiger partial charge in [0.2, 0.25) is 0 Å². The lowest BCUT2D eigenvalue weighted by Gasteiger charge is -2.38. The van der Waals surface area contributed by atoms with Gasteiger partial charge in [0.1, 0.15) is 0 Å². The van der Waals surface area contributed by atoms with E-state index >= 15 is 0 Å². The van der Waals surface area contributed by atoms with Crippen LogP contribution in [0, 0.1) is 0 Å². The normalized spacial score (nSPS) is 17.4. The van der Waals surface area contributed by atoms with Crippen molar-refractivity contribution in [3.05, 3.63) is 29.8 Å². The number of carbonyl (C=O) groups is 1. The molecule has 0 bridgehead atoms. The van der Waals surface area contributed by atoms with Crippen LogP contribution in [0.15, 0.2) is 24.3 Å². The van der Waals surface area contributed by atoms with Gasteiger partial charge in [0.25, 0.3) is 5.91 Å². The number of hydrogen-bond acceptors (Lipinski definition) is 3. The van der Waals surface area contributed by atoms with E-state index in [-0.39, 0.29) is 5.91 Å². The highest BCUT2D eigenvalue weighted by atomic mass is 16.2. The van der Waals surface area contributed by atoms with Crippen LogP contribution in [-0.4, -0.2) is 47.9 Å². The Morgan fingerprint density at radius 1 is 1.30 bits per heavy atom. The molecule has 0 aromatic heterocycles. The Bertz CT molecular complexity index is 465. The fourth-order valence-corrected chi connectivity index (χ4v) is 2.84. The second kappa shape index (κ2) is 6.27. The van der Waals surface area contributed by atoms with Crippen molar-refractivity contribution in [2.45, 2.75) is 38.8 Å². The molecule has 0 atom stereocenters. The van der Waals surface area contributed by atoms with E-state index in [1.165, 1.54) is 0 Å². The van der Waals surface area contributed by atoms with Crippen LogP contribution in [-0.2, 0) is 0 Å². The van der Waals surface area contributed by atoms with Gasteiger partial charge in [0.05, 0.1) is 5.56 Å². The summed E-state index contributed by atoms with van der Waals surface area (Å²) in [5, 5.41) is 0. The van der Waals surface area contributed by atoms with Gasteiger partial charge in [-0.15, -0.1) is 0 Å². The first kappa shape index (κ1) is 14.9. The summed E-state index contributed by atoms with van der Waals surface area (Å²) >= 11 is 0. The molecule has 20 heavy (non-hydrogen) atoms. The standard InChI is InChI=1S/C16H25N3O/c1-12(2)19-10-8-13(9-11-19)18(3)16(20)14-6-4-5-7-15(14)17/h4-7,12-13H,8-11,17H2,1-3H3. The molecule has 1 fully saturated rings. The predicted octanol–water partition coefficient (Wildman–Crippen LogP) is 2.21. The predicted molar refractivity (Wildman–Crippen MR) is 82.7 cm³/mol. The van der Waals surface area contributed by atoms with Crippen LogP contribution in [0.5, 0.6) is 0 Å². The van der Waals surface area contributed by atoms with Crippen molar-refractivity contribution < 1.29 is 4.79 Å². The van der Waals surface area contributed by atoms with E-state index in [0.717, 1.165) is 25.9 Å². The first-order valence-electron chi connectivity index (χ1n) is 7.36. The summed E-state index contributed by atoms with van der Waals surface area (Å²) in [6.07, 6.45) is 2.07. The molecule has 1 amide bonds. The molecule has 1 aliphatic heterocycles. The average Bonchev–Trinajstić information content (AvgIpc) is 2.46. The van der Waals surface area contributed by atoms with Crippen LogP contribution in [0.1, 0.15) is 37.0 Å². The maximum atomic E-state index is 12.5. The highest BCUT2D eigenvalue weighted by Crippen LogP contribution is 2.20.